The van der Waals surface area contributed by atoms with Crippen LogP contribution in [-0.2, 0) is 28.5 Å². The molecule has 2 unspecified atom stereocenters. The molecule has 0 bridgehead atoms. The van der Waals surface area contributed by atoms with Gasteiger partial charge in [0, 0.05) is 14.2 Å². The van der Waals surface area contributed by atoms with E-state index in [0.717, 1.165) is 0 Å². The molecule has 6 heteroatoms. The maximum atomic E-state index is 11.4. The van der Waals surface area contributed by atoms with E-state index in [2.05, 4.69) is 0 Å². The largest absolute Gasteiger partial charge is 0.464 e. The Morgan fingerprint density at radius 1 is 0.875 bits per heavy atom. The van der Waals surface area contributed by atoms with E-state index in [9.17, 15) is 9.59 Å². The highest BCUT2D eigenvalue weighted by atomic mass is 16.6. The summed E-state index contributed by atoms with van der Waals surface area (Å²) in [7, 11) is 2.60. The quantitative estimate of drug-likeness (QED) is 0.584. The maximum absolute atomic E-state index is 11.4. The molecule has 0 saturated heterocycles. The van der Waals surface area contributed by atoms with Gasteiger partial charge in [-0.2, -0.15) is 0 Å². The molecule has 0 heterocycles. The second kappa shape index (κ2) is 8.06. The summed E-state index contributed by atoms with van der Waals surface area (Å²) in [6.07, 6.45) is -2.21. The number of carbonyl (C=O) groups is 2. The van der Waals surface area contributed by atoms with E-state index < -0.39 is 24.1 Å². The van der Waals surface area contributed by atoms with Gasteiger partial charge in [-0.15, -0.1) is 0 Å². The van der Waals surface area contributed by atoms with Crippen molar-refractivity contribution in [2.24, 2.45) is 0 Å². The smallest absolute Gasteiger partial charge is 0.338 e. The van der Waals surface area contributed by atoms with Crippen molar-refractivity contribution in [3.63, 3.8) is 0 Å². The van der Waals surface area contributed by atoms with Crippen molar-refractivity contribution in [2.75, 3.05) is 27.4 Å². The summed E-state index contributed by atoms with van der Waals surface area (Å²) >= 11 is 0. The van der Waals surface area contributed by atoms with Gasteiger partial charge in [0.25, 0.3) is 0 Å². The minimum atomic E-state index is -1.11. The van der Waals surface area contributed by atoms with Gasteiger partial charge in [0.15, 0.2) is 12.2 Å². The summed E-state index contributed by atoms with van der Waals surface area (Å²) in [5.74, 6) is -1.30. The van der Waals surface area contributed by atoms with Crippen molar-refractivity contribution in [1.82, 2.24) is 0 Å². The fourth-order valence-corrected chi connectivity index (χ4v) is 1.14. The standard InChI is InChI=1S/C10H18O6/c1-5-15-9(11)7(13-3)8(14-4)10(12)16-6-2/h7-8H,5-6H2,1-4H3. The Kier molecular flexibility index (Phi) is 7.49. The summed E-state index contributed by atoms with van der Waals surface area (Å²) in [5.41, 5.74) is 0. The van der Waals surface area contributed by atoms with E-state index >= 15 is 0 Å². The summed E-state index contributed by atoms with van der Waals surface area (Å²) in [5, 5.41) is 0. The molecule has 0 fully saturated rings. The Labute approximate surface area is 94.8 Å². The molecule has 0 aromatic carbocycles. The molecule has 0 aromatic heterocycles. The third-order valence-corrected chi connectivity index (χ3v) is 1.82. The number of rotatable bonds is 7. The molecule has 0 aliphatic rings. The van der Waals surface area contributed by atoms with Gasteiger partial charge in [0.2, 0.25) is 0 Å². The molecule has 0 aliphatic carbocycles. The van der Waals surface area contributed by atoms with Crippen molar-refractivity contribution >= 4 is 11.9 Å². The SMILES string of the molecule is CCOC(=O)C(OC)C(OC)C(=O)OCC. The topological polar surface area (TPSA) is 71.1 Å². The zero-order valence-corrected chi connectivity index (χ0v) is 10.0. The lowest BCUT2D eigenvalue weighted by Gasteiger charge is -2.21. The molecule has 6 nitrogen and oxygen atoms in total. The molecular formula is C10H18O6. The van der Waals surface area contributed by atoms with Crippen molar-refractivity contribution in [1.29, 1.82) is 0 Å². The van der Waals surface area contributed by atoms with Crippen LogP contribution in [0.4, 0.5) is 0 Å². The molecule has 0 saturated carbocycles. The third-order valence-electron chi connectivity index (χ3n) is 1.82. The molecule has 2 atom stereocenters. The Bertz CT molecular complexity index is 203. The van der Waals surface area contributed by atoms with Gasteiger partial charge in [-0.1, -0.05) is 0 Å². The molecule has 0 aliphatic heterocycles. The van der Waals surface area contributed by atoms with Crippen LogP contribution in [0, 0.1) is 0 Å². The fourth-order valence-electron chi connectivity index (χ4n) is 1.14. The van der Waals surface area contributed by atoms with Crippen molar-refractivity contribution in [2.45, 2.75) is 26.1 Å². The average molecular weight is 234 g/mol. The van der Waals surface area contributed by atoms with Gasteiger partial charge in [0.1, 0.15) is 0 Å². The lowest BCUT2D eigenvalue weighted by molar-refractivity contribution is -0.177. The minimum absolute atomic E-state index is 0.206. The molecule has 0 N–H and O–H groups in total. The van der Waals surface area contributed by atoms with Crippen molar-refractivity contribution in [3.05, 3.63) is 0 Å². The number of esters is 2. The van der Waals surface area contributed by atoms with Crippen LogP contribution < -0.4 is 0 Å². The van der Waals surface area contributed by atoms with Crippen LogP contribution in [0.2, 0.25) is 0 Å². The minimum Gasteiger partial charge on any atom is -0.464 e. The molecule has 0 aromatic rings. The summed E-state index contributed by atoms with van der Waals surface area (Å²) in [6.45, 7) is 3.74. The van der Waals surface area contributed by atoms with Crippen LogP contribution in [0.3, 0.4) is 0 Å². The first-order valence-electron chi connectivity index (χ1n) is 5.01. The van der Waals surface area contributed by atoms with Crippen LogP contribution in [0.25, 0.3) is 0 Å². The highest BCUT2D eigenvalue weighted by Gasteiger charge is 2.36. The van der Waals surface area contributed by atoms with E-state index in [1.807, 2.05) is 0 Å². The highest BCUT2D eigenvalue weighted by Crippen LogP contribution is 2.07. The van der Waals surface area contributed by atoms with Gasteiger partial charge in [-0.05, 0) is 13.8 Å². The Morgan fingerprint density at radius 2 is 1.19 bits per heavy atom. The zero-order chi connectivity index (χ0) is 12.6. The molecule has 0 spiro atoms. The second-order valence-corrected chi connectivity index (χ2v) is 2.82. The Hall–Kier alpha value is -1.14. The van der Waals surface area contributed by atoms with Gasteiger partial charge in [-0.3, -0.25) is 0 Å². The molecular weight excluding hydrogens is 216 g/mol. The fraction of sp³-hybridized carbons (Fsp3) is 0.800. The average Bonchev–Trinajstić information content (AvgIpc) is 2.25. The Balaban J connectivity index is 4.61. The van der Waals surface area contributed by atoms with E-state index in [0.29, 0.717) is 0 Å². The molecule has 0 amide bonds. The van der Waals surface area contributed by atoms with Crippen molar-refractivity contribution < 1.29 is 28.5 Å². The van der Waals surface area contributed by atoms with Crippen LogP contribution in [0.5, 0.6) is 0 Å². The summed E-state index contributed by atoms with van der Waals surface area (Å²) < 4.78 is 19.3. The van der Waals surface area contributed by atoms with Gasteiger partial charge in [0.05, 0.1) is 13.2 Å². The number of hydrogen-bond acceptors (Lipinski definition) is 6. The van der Waals surface area contributed by atoms with E-state index in [-0.39, 0.29) is 13.2 Å². The predicted molar refractivity (Wildman–Crippen MR) is 54.9 cm³/mol. The second-order valence-electron chi connectivity index (χ2n) is 2.82. The van der Waals surface area contributed by atoms with Gasteiger partial charge >= 0.3 is 11.9 Å². The monoisotopic (exact) mass is 234 g/mol. The first-order valence-corrected chi connectivity index (χ1v) is 5.01. The summed E-state index contributed by atoms with van der Waals surface area (Å²) in [4.78, 5) is 22.9. The summed E-state index contributed by atoms with van der Waals surface area (Å²) in [6, 6.07) is 0. The lowest BCUT2D eigenvalue weighted by atomic mass is 10.2. The van der Waals surface area contributed by atoms with E-state index in [4.69, 9.17) is 18.9 Å². The van der Waals surface area contributed by atoms with E-state index in [1.165, 1.54) is 14.2 Å². The Morgan fingerprint density at radius 3 is 1.38 bits per heavy atom. The van der Waals surface area contributed by atoms with E-state index in [1.54, 1.807) is 13.8 Å². The number of methoxy groups -OCH3 is 2. The normalized spacial score (nSPS) is 14.0. The maximum Gasteiger partial charge on any atom is 0.338 e. The number of hydrogen-bond donors (Lipinski definition) is 0. The molecule has 0 rings (SSSR count). The highest BCUT2D eigenvalue weighted by molar-refractivity contribution is 5.85. The molecule has 0 radical (unpaired) electrons. The van der Waals surface area contributed by atoms with Crippen molar-refractivity contribution in [3.8, 4) is 0 Å². The van der Waals surface area contributed by atoms with Crippen LogP contribution in [0.15, 0.2) is 0 Å². The molecule has 94 valence electrons. The molecule has 16 heavy (non-hydrogen) atoms. The number of ether oxygens (including phenoxy) is 4. The number of carbonyl (C=O) groups excluding carboxylic acids is 2. The first-order chi connectivity index (χ1) is 7.62. The lowest BCUT2D eigenvalue weighted by Crippen LogP contribution is -2.44. The van der Waals surface area contributed by atoms with Gasteiger partial charge in [-0.25, -0.2) is 9.59 Å². The zero-order valence-electron chi connectivity index (χ0n) is 10.0. The first kappa shape index (κ1) is 14.9. The predicted octanol–water partition coefficient (Wildman–Crippen LogP) is 0.143. The van der Waals surface area contributed by atoms with Crippen LogP contribution in [-0.4, -0.2) is 51.6 Å². The van der Waals surface area contributed by atoms with Crippen LogP contribution in [0.1, 0.15) is 13.8 Å². The van der Waals surface area contributed by atoms with Crippen LogP contribution >= 0.6 is 0 Å². The third kappa shape index (κ3) is 4.16. The van der Waals surface area contributed by atoms with Gasteiger partial charge < -0.3 is 18.9 Å².